The van der Waals surface area contributed by atoms with Crippen LogP contribution in [0.4, 0.5) is 0 Å². The quantitative estimate of drug-likeness (QED) is 0.0823. The number of methoxy groups -OCH3 is 1. The van der Waals surface area contributed by atoms with Crippen LogP contribution in [0.3, 0.4) is 0 Å². The van der Waals surface area contributed by atoms with Crippen LogP contribution < -0.4 is 10.6 Å². The minimum atomic E-state index is -2.29. The number of aliphatic hydroxyl groups is 9. The van der Waals surface area contributed by atoms with E-state index in [1.807, 2.05) is 0 Å². The summed E-state index contributed by atoms with van der Waals surface area (Å²) in [5, 5.41) is 120. The molecule has 2 amide bonds. The summed E-state index contributed by atoms with van der Waals surface area (Å²) in [6.45, 7) is 0.170. The van der Waals surface area contributed by atoms with E-state index in [0.29, 0.717) is 0 Å². The molecule has 0 spiro atoms. The summed E-state index contributed by atoms with van der Waals surface area (Å²) in [4.78, 5) is 48.5. The molecule has 4 saturated heterocycles. The van der Waals surface area contributed by atoms with Crippen molar-refractivity contribution in [3.63, 3.8) is 0 Å². The lowest BCUT2D eigenvalue weighted by Crippen LogP contribution is -2.70. The summed E-state index contributed by atoms with van der Waals surface area (Å²) in [5.41, 5.74) is 0. The first-order chi connectivity index (χ1) is 25.4. The lowest BCUT2D eigenvalue weighted by molar-refractivity contribution is -0.369. The van der Waals surface area contributed by atoms with Gasteiger partial charge in [-0.2, -0.15) is 0 Å². The van der Waals surface area contributed by atoms with Crippen LogP contribution >= 0.6 is 0 Å². The van der Waals surface area contributed by atoms with Crippen LogP contribution in [0.25, 0.3) is 0 Å². The lowest BCUT2D eigenvalue weighted by Gasteiger charge is -2.49. The summed E-state index contributed by atoms with van der Waals surface area (Å²) in [6.07, 6.45) is -35.1. The Morgan fingerprint density at radius 3 is 1.39 bits per heavy atom. The third kappa shape index (κ3) is 9.24. The molecule has 310 valence electrons. The molecule has 0 bridgehead atoms. The SMILES string of the molecule is CO[C@@H]1C(C(=O)O)O[C@@H](O[C@@H]2C(NC(C)=O)[C@H](O[C@@H]3C(C(=O)O)O[C@@H](OC4C(NC(C)=O)[C@H](O)OC(CO)[C@H]4O)C(O)C3O)OC(CO)[C@H]2O)C(O)C1O. The Balaban J connectivity index is 1.62. The molecule has 0 saturated carbocycles. The van der Waals surface area contributed by atoms with Gasteiger partial charge in [0.05, 0.1) is 13.2 Å². The van der Waals surface area contributed by atoms with Crippen LogP contribution in [0.15, 0.2) is 0 Å². The molecule has 4 rings (SSSR count). The van der Waals surface area contributed by atoms with E-state index in [1.165, 1.54) is 0 Å². The number of carbonyl (C=O) groups excluding carboxylic acids is 2. The van der Waals surface area contributed by atoms with Gasteiger partial charge in [-0.05, 0) is 0 Å². The van der Waals surface area contributed by atoms with Crippen molar-refractivity contribution in [2.45, 2.75) is 137 Å². The van der Waals surface area contributed by atoms with Gasteiger partial charge in [-0.25, -0.2) is 9.59 Å². The van der Waals surface area contributed by atoms with Crippen LogP contribution in [0.2, 0.25) is 0 Å². The van der Waals surface area contributed by atoms with Gasteiger partial charge in [-0.3, -0.25) is 9.59 Å². The Kier molecular flexibility index (Phi) is 15.0. The van der Waals surface area contributed by atoms with E-state index in [9.17, 15) is 75.3 Å². The number of carboxylic acids is 2. The fraction of sp³-hybridized carbons (Fsp3) is 0.862. The molecule has 4 fully saturated rings. The average molecular weight is 791 g/mol. The van der Waals surface area contributed by atoms with Crippen LogP contribution in [0.5, 0.6) is 0 Å². The highest BCUT2D eigenvalue weighted by atomic mass is 16.8. The Morgan fingerprint density at radius 2 is 0.944 bits per heavy atom. The number of ether oxygens (including phenoxy) is 8. The second-order valence-electron chi connectivity index (χ2n) is 12.9. The number of amides is 2. The topological polar surface area (TPSA) is 389 Å². The fourth-order valence-electron chi connectivity index (χ4n) is 6.54. The summed E-state index contributed by atoms with van der Waals surface area (Å²) in [7, 11) is 1.04. The average Bonchev–Trinajstić information content (AvgIpc) is 3.10. The van der Waals surface area contributed by atoms with Crippen LogP contribution in [0, 0.1) is 0 Å². The van der Waals surface area contributed by atoms with Crippen molar-refractivity contribution in [3.05, 3.63) is 0 Å². The highest BCUT2D eigenvalue weighted by Gasteiger charge is 2.57. The van der Waals surface area contributed by atoms with E-state index in [4.69, 9.17) is 37.9 Å². The second-order valence-corrected chi connectivity index (χ2v) is 12.9. The van der Waals surface area contributed by atoms with Gasteiger partial charge in [0.1, 0.15) is 85.3 Å². The summed E-state index contributed by atoms with van der Waals surface area (Å²) in [5.74, 6) is -5.10. The Morgan fingerprint density at radius 1 is 0.537 bits per heavy atom. The number of carbonyl (C=O) groups is 4. The number of aliphatic hydroxyl groups excluding tert-OH is 9. The predicted molar refractivity (Wildman–Crippen MR) is 163 cm³/mol. The number of hydrogen-bond acceptors (Lipinski definition) is 21. The monoisotopic (exact) mass is 790 g/mol. The Hall–Kier alpha value is -2.80. The first-order valence-electron chi connectivity index (χ1n) is 16.5. The maximum atomic E-state index is 12.5. The highest BCUT2D eigenvalue weighted by molar-refractivity contribution is 5.74. The third-order valence-corrected chi connectivity index (χ3v) is 9.19. The second kappa shape index (κ2) is 18.4. The molecule has 0 radical (unpaired) electrons. The summed E-state index contributed by atoms with van der Waals surface area (Å²) in [6, 6.07) is -3.34. The van der Waals surface area contributed by atoms with Crippen molar-refractivity contribution in [2.75, 3.05) is 20.3 Å². The standard InChI is InChI=1S/C29H46N2O23/c1-6(34)30-10-18(12(36)8(4-32)48-26(10)46)50-29-17(41)15(39)21(23(54-29)25(44)45)52-27-11(31-7(2)35)19(13(37)9(5-33)49-27)51-28-16(40)14(38)20(47-3)22(53-28)24(42)43/h8-23,26-29,32-33,36-41,46H,4-5H2,1-3H3,(H,30,34)(H,31,35)(H,42,43)(H,44,45)/t8?,9?,10?,11?,12-,13-,14?,15?,16?,17?,18?,19-,20+,21+,22?,23?,26-,27+,28-,29-/m1/s1. The summed E-state index contributed by atoms with van der Waals surface area (Å²) >= 11 is 0. The van der Waals surface area contributed by atoms with Gasteiger partial charge in [0, 0.05) is 21.0 Å². The van der Waals surface area contributed by atoms with Crippen molar-refractivity contribution >= 4 is 23.8 Å². The van der Waals surface area contributed by atoms with Gasteiger partial charge in [0.2, 0.25) is 11.8 Å². The van der Waals surface area contributed by atoms with Gasteiger partial charge in [-0.1, -0.05) is 0 Å². The van der Waals surface area contributed by atoms with Crippen molar-refractivity contribution in [2.24, 2.45) is 0 Å². The van der Waals surface area contributed by atoms with E-state index < -0.39 is 160 Å². The Labute approximate surface area is 304 Å². The third-order valence-electron chi connectivity index (χ3n) is 9.19. The molecule has 4 aliphatic rings. The van der Waals surface area contributed by atoms with E-state index in [1.54, 1.807) is 0 Å². The maximum Gasteiger partial charge on any atom is 0.335 e. The zero-order chi connectivity index (χ0) is 40.3. The molecule has 25 nitrogen and oxygen atoms in total. The smallest absolute Gasteiger partial charge is 0.335 e. The molecule has 0 aromatic rings. The molecule has 0 aromatic carbocycles. The number of nitrogens with one attached hydrogen (secondary N) is 2. The highest BCUT2D eigenvalue weighted by Crippen LogP contribution is 2.35. The van der Waals surface area contributed by atoms with E-state index in [2.05, 4.69) is 10.6 Å². The maximum absolute atomic E-state index is 12.5. The number of aliphatic carboxylic acids is 2. The zero-order valence-electron chi connectivity index (χ0n) is 28.8. The molecule has 0 aromatic heterocycles. The molecular formula is C29H46N2O23. The first-order valence-corrected chi connectivity index (χ1v) is 16.5. The normalized spacial score (nSPS) is 45.6. The van der Waals surface area contributed by atoms with Crippen molar-refractivity contribution < 1.29 is 113 Å². The molecule has 11 unspecified atom stereocenters. The van der Waals surface area contributed by atoms with E-state index >= 15 is 0 Å². The molecule has 4 heterocycles. The predicted octanol–water partition coefficient (Wildman–Crippen LogP) is -8.62. The van der Waals surface area contributed by atoms with Gasteiger partial charge in [0.15, 0.2) is 37.4 Å². The van der Waals surface area contributed by atoms with Crippen LogP contribution in [0.1, 0.15) is 13.8 Å². The molecule has 20 atom stereocenters. The zero-order valence-corrected chi connectivity index (χ0v) is 28.8. The van der Waals surface area contributed by atoms with Gasteiger partial charge in [0.25, 0.3) is 0 Å². The molecule has 54 heavy (non-hydrogen) atoms. The van der Waals surface area contributed by atoms with Crippen LogP contribution in [-0.4, -0.2) is 223 Å². The van der Waals surface area contributed by atoms with Crippen molar-refractivity contribution in [1.82, 2.24) is 10.6 Å². The first kappa shape index (κ1) is 43.9. The molecule has 4 aliphatic heterocycles. The minimum absolute atomic E-state index is 0.746. The van der Waals surface area contributed by atoms with Gasteiger partial charge >= 0.3 is 11.9 Å². The molecular weight excluding hydrogens is 744 g/mol. The van der Waals surface area contributed by atoms with Gasteiger partial charge < -0.3 is 105 Å². The van der Waals surface area contributed by atoms with Crippen molar-refractivity contribution in [3.8, 4) is 0 Å². The number of hydrogen-bond donors (Lipinski definition) is 13. The molecule has 0 aliphatic carbocycles. The van der Waals surface area contributed by atoms with Crippen molar-refractivity contribution in [1.29, 1.82) is 0 Å². The Bertz CT molecular complexity index is 1310. The largest absolute Gasteiger partial charge is 0.479 e. The van der Waals surface area contributed by atoms with E-state index in [-0.39, 0.29) is 0 Å². The molecule has 25 heteroatoms. The minimum Gasteiger partial charge on any atom is -0.479 e. The summed E-state index contributed by atoms with van der Waals surface area (Å²) < 4.78 is 43.4. The number of rotatable bonds is 13. The molecule has 13 N–H and O–H groups in total. The lowest BCUT2D eigenvalue weighted by atomic mass is 9.94. The van der Waals surface area contributed by atoms with Crippen LogP contribution in [-0.2, 0) is 57.1 Å². The van der Waals surface area contributed by atoms with E-state index in [0.717, 1.165) is 21.0 Å². The van der Waals surface area contributed by atoms with Gasteiger partial charge in [-0.15, -0.1) is 0 Å². The fourth-order valence-corrected chi connectivity index (χ4v) is 6.54. The number of carboxylic acid groups (broad SMARTS) is 2.